The van der Waals surface area contributed by atoms with Gasteiger partial charge >= 0.3 is 6.03 Å². The van der Waals surface area contributed by atoms with Crippen LogP contribution in [0, 0.1) is 5.41 Å². The third-order valence-electron chi connectivity index (χ3n) is 3.53. The van der Waals surface area contributed by atoms with Crippen molar-refractivity contribution in [3.63, 3.8) is 0 Å². The number of carbonyl (C=O) groups excluding carboxylic acids is 1. The van der Waals surface area contributed by atoms with Crippen molar-refractivity contribution in [2.24, 2.45) is 5.41 Å². The van der Waals surface area contributed by atoms with Crippen LogP contribution in [0.1, 0.15) is 53.3 Å². The molecular formula is C18H25F2N5O. The summed E-state index contributed by atoms with van der Waals surface area (Å²) in [7, 11) is 0. The molecule has 1 aromatic heterocycles. The Morgan fingerprint density at radius 2 is 1.77 bits per heavy atom. The monoisotopic (exact) mass is 365 g/mol. The summed E-state index contributed by atoms with van der Waals surface area (Å²) in [6, 6.07) is 6.27. The van der Waals surface area contributed by atoms with Crippen LogP contribution in [0.3, 0.4) is 0 Å². The van der Waals surface area contributed by atoms with Gasteiger partial charge in [0.1, 0.15) is 0 Å². The van der Waals surface area contributed by atoms with E-state index < -0.39 is 23.8 Å². The molecule has 0 bridgehead atoms. The van der Waals surface area contributed by atoms with Gasteiger partial charge in [-0.05, 0) is 37.8 Å². The summed E-state index contributed by atoms with van der Waals surface area (Å²) in [6.45, 7) is 10.1. The van der Waals surface area contributed by atoms with Gasteiger partial charge in [-0.25, -0.2) is 23.5 Å². The van der Waals surface area contributed by atoms with Crippen LogP contribution in [0.2, 0.25) is 0 Å². The minimum Gasteiger partial charge on any atom is -0.332 e. The van der Waals surface area contributed by atoms with Crippen molar-refractivity contribution in [1.29, 1.82) is 0 Å². The van der Waals surface area contributed by atoms with Gasteiger partial charge in [-0.1, -0.05) is 32.9 Å². The van der Waals surface area contributed by atoms with Crippen molar-refractivity contribution in [3.8, 4) is 0 Å². The molecule has 0 fully saturated rings. The fourth-order valence-electron chi connectivity index (χ4n) is 3.11. The third kappa shape index (κ3) is 5.50. The number of benzene rings is 1. The number of aromatic nitrogens is 2. The Hall–Kier alpha value is -2.51. The number of carbonyl (C=O) groups is 1. The van der Waals surface area contributed by atoms with E-state index in [2.05, 4.69) is 46.9 Å². The maximum atomic E-state index is 13.0. The maximum absolute atomic E-state index is 13.0. The van der Waals surface area contributed by atoms with Gasteiger partial charge in [0.25, 0.3) is 6.43 Å². The number of para-hydroxylation sites is 1. The van der Waals surface area contributed by atoms with Gasteiger partial charge in [-0.2, -0.15) is 0 Å². The van der Waals surface area contributed by atoms with Gasteiger partial charge in [-0.15, -0.1) is 0 Å². The fraction of sp³-hybridized carbons (Fsp3) is 0.500. The van der Waals surface area contributed by atoms with E-state index in [1.807, 2.05) is 13.8 Å². The fourth-order valence-corrected chi connectivity index (χ4v) is 3.11. The van der Waals surface area contributed by atoms with Crippen LogP contribution in [0.25, 0.3) is 10.9 Å². The average Bonchev–Trinajstić information content (AvgIpc) is 2.49. The van der Waals surface area contributed by atoms with E-state index in [1.54, 1.807) is 24.3 Å². The smallest absolute Gasteiger partial charge is 0.332 e. The zero-order chi connectivity index (χ0) is 19.5. The number of fused-ring (bicyclic) bond motifs is 1. The molecule has 0 aliphatic carbocycles. The molecular weight excluding hydrogens is 340 g/mol. The molecule has 0 atom stereocenters. The Kier molecular flexibility index (Phi) is 5.63. The normalized spacial score (nSPS) is 12.3. The van der Waals surface area contributed by atoms with Crippen molar-refractivity contribution in [2.75, 3.05) is 5.43 Å². The van der Waals surface area contributed by atoms with Crippen LogP contribution < -0.4 is 16.2 Å². The molecule has 2 rings (SSSR count). The van der Waals surface area contributed by atoms with Crippen molar-refractivity contribution in [3.05, 3.63) is 30.1 Å². The lowest BCUT2D eigenvalue weighted by Crippen LogP contribution is -2.51. The average molecular weight is 365 g/mol. The van der Waals surface area contributed by atoms with E-state index >= 15 is 0 Å². The summed E-state index contributed by atoms with van der Waals surface area (Å²) in [6.07, 6.45) is -2.04. The molecule has 2 amide bonds. The molecule has 3 N–H and O–H groups in total. The first-order chi connectivity index (χ1) is 12.0. The van der Waals surface area contributed by atoms with Crippen LogP contribution in [0.15, 0.2) is 24.3 Å². The van der Waals surface area contributed by atoms with Gasteiger partial charge in [-0.3, -0.25) is 10.9 Å². The van der Waals surface area contributed by atoms with Crippen LogP contribution in [0.4, 0.5) is 19.4 Å². The van der Waals surface area contributed by atoms with Crippen molar-refractivity contribution in [1.82, 2.24) is 20.7 Å². The highest BCUT2D eigenvalue weighted by atomic mass is 19.3. The molecule has 0 spiro atoms. The van der Waals surface area contributed by atoms with E-state index in [0.29, 0.717) is 10.9 Å². The van der Waals surface area contributed by atoms with Crippen molar-refractivity contribution >= 4 is 22.8 Å². The molecule has 0 radical (unpaired) electrons. The number of hydrogen-bond donors (Lipinski definition) is 3. The van der Waals surface area contributed by atoms with Gasteiger partial charge in [0.15, 0.2) is 11.6 Å². The lowest BCUT2D eigenvalue weighted by atomic mass is 9.82. The second-order valence-corrected chi connectivity index (χ2v) is 8.07. The SMILES string of the molecule is CC(C)(C)CC(C)(C)NC(=O)NNc1nc(C(F)F)nc2ccccc12. The zero-order valence-corrected chi connectivity index (χ0v) is 15.7. The highest BCUT2D eigenvalue weighted by Crippen LogP contribution is 2.27. The number of halogens is 2. The Labute approximate surface area is 151 Å². The van der Waals surface area contributed by atoms with Crippen LogP contribution in [-0.4, -0.2) is 21.5 Å². The first-order valence-electron chi connectivity index (χ1n) is 8.36. The highest BCUT2D eigenvalue weighted by Gasteiger charge is 2.27. The maximum Gasteiger partial charge on any atom is 0.333 e. The minimum atomic E-state index is -2.81. The molecule has 142 valence electrons. The minimum absolute atomic E-state index is 0.0409. The van der Waals surface area contributed by atoms with E-state index in [0.717, 1.165) is 6.42 Å². The Morgan fingerprint density at radius 1 is 1.12 bits per heavy atom. The largest absolute Gasteiger partial charge is 0.333 e. The predicted molar refractivity (Wildman–Crippen MR) is 97.9 cm³/mol. The van der Waals surface area contributed by atoms with Crippen molar-refractivity contribution in [2.45, 2.75) is 53.0 Å². The van der Waals surface area contributed by atoms with Crippen molar-refractivity contribution < 1.29 is 13.6 Å². The molecule has 0 saturated heterocycles. The first kappa shape index (κ1) is 19.8. The number of alkyl halides is 2. The molecule has 8 heteroatoms. The molecule has 1 aromatic carbocycles. The van der Waals surface area contributed by atoms with Gasteiger partial charge in [0, 0.05) is 10.9 Å². The number of rotatable bonds is 5. The van der Waals surface area contributed by atoms with E-state index in [4.69, 9.17) is 0 Å². The quantitative estimate of drug-likeness (QED) is 0.686. The molecule has 2 aromatic rings. The number of anilines is 1. The number of nitrogens with one attached hydrogen (secondary N) is 3. The van der Waals surface area contributed by atoms with Gasteiger partial charge < -0.3 is 5.32 Å². The summed E-state index contributed by atoms with van der Waals surface area (Å²) in [5.41, 5.74) is 5.06. The Balaban J connectivity index is 2.12. The van der Waals surface area contributed by atoms with E-state index in [1.165, 1.54) is 0 Å². The highest BCUT2D eigenvalue weighted by molar-refractivity contribution is 5.89. The molecule has 0 aliphatic heterocycles. The van der Waals surface area contributed by atoms with Crippen LogP contribution in [-0.2, 0) is 0 Å². The van der Waals surface area contributed by atoms with Gasteiger partial charge in [0.05, 0.1) is 5.52 Å². The molecule has 6 nitrogen and oxygen atoms in total. The molecule has 0 saturated carbocycles. The lowest BCUT2D eigenvalue weighted by molar-refractivity contribution is 0.141. The first-order valence-corrected chi connectivity index (χ1v) is 8.36. The summed E-state index contributed by atoms with van der Waals surface area (Å²) < 4.78 is 26.0. The number of nitrogens with zero attached hydrogens (tertiary/aromatic N) is 2. The summed E-state index contributed by atoms with van der Waals surface area (Å²) in [4.78, 5) is 19.8. The third-order valence-corrected chi connectivity index (χ3v) is 3.53. The molecule has 1 heterocycles. The summed E-state index contributed by atoms with van der Waals surface area (Å²) in [5, 5.41) is 3.40. The van der Waals surface area contributed by atoms with Gasteiger partial charge in [0.2, 0.25) is 0 Å². The predicted octanol–water partition coefficient (Wildman–Crippen LogP) is 4.41. The van der Waals surface area contributed by atoms with E-state index in [9.17, 15) is 13.6 Å². The number of hydrazine groups is 1. The Bertz CT molecular complexity index is 787. The number of urea groups is 1. The number of hydrogen-bond acceptors (Lipinski definition) is 4. The molecule has 0 aliphatic rings. The van der Waals surface area contributed by atoms with E-state index in [-0.39, 0.29) is 11.2 Å². The zero-order valence-electron chi connectivity index (χ0n) is 15.7. The van der Waals surface area contributed by atoms with Crippen LogP contribution >= 0.6 is 0 Å². The Morgan fingerprint density at radius 3 is 2.38 bits per heavy atom. The topological polar surface area (TPSA) is 78.9 Å². The standard InChI is InChI=1S/C18H25F2N5O/c1-17(2,3)10-18(4,5)23-16(26)25-24-14-11-8-6-7-9-12(11)21-15(22-14)13(19)20/h6-9,13H,10H2,1-5H3,(H,21,22,24)(H2,23,25,26). The summed E-state index contributed by atoms with van der Waals surface area (Å²) in [5.74, 6) is -0.476. The lowest BCUT2D eigenvalue weighted by Gasteiger charge is -2.33. The molecule has 26 heavy (non-hydrogen) atoms. The summed E-state index contributed by atoms with van der Waals surface area (Å²) >= 11 is 0. The number of amides is 2. The second-order valence-electron chi connectivity index (χ2n) is 8.07. The molecule has 0 unspecified atom stereocenters. The van der Waals surface area contributed by atoms with Crippen LogP contribution in [0.5, 0.6) is 0 Å². The second kappa shape index (κ2) is 7.39.